The van der Waals surface area contributed by atoms with Crippen molar-refractivity contribution in [1.29, 1.82) is 0 Å². The third kappa shape index (κ3) is 7.77. The fourth-order valence-electron chi connectivity index (χ4n) is 8.57. The summed E-state index contributed by atoms with van der Waals surface area (Å²) in [4.78, 5) is 19.4. The van der Waals surface area contributed by atoms with Gasteiger partial charge in [0, 0.05) is 52.2 Å². The van der Waals surface area contributed by atoms with Crippen molar-refractivity contribution in [2.75, 3.05) is 65.8 Å². The van der Waals surface area contributed by atoms with Gasteiger partial charge >= 0.3 is 6.01 Å². The third-order valence-corrected chi connectivity index (χ3v) is 11.1. The Kier molecular flexibility index (Phi) is 11.5. The normalized spacial score (nSPS) is 20.7. The van der Waals surface area contributed by atoms with E-state index in [1.807, 2.05) is 24.3 Å². The summed E-state index contributed by atoms with van der Waals surface area (Å²) < 4.78 is 45.3. The van der Waals surface area contributed by atoms with E-state index in [1.54, 1.807) is 27.5 Å². The van der Waals surface area contributed by atoms with Crippen LogP contribution in [0.3, 0.4) is 0 Å². The molecule has 3 aliphatic rings. The van der Waals surface area contributed by atoms with Crippen molar-refractivity contribution >= 4 is 27.5 Å². The van der Waals surface area contributed by atoms with E-state index < -0.39 is 5.82 Å². The maximum absolute atomic E-state index is 17.2. The predicted octanol–water partition coefficient (Wildman–Crippen LogP) is 7.40. The van der Waals surface area contributed by atoms with E-state index in [9.17, 15) is 0 Å². The standard InChI is InChI=1S/C40H52FN5O5/c1-5-28-10-8-11-29-19-31(51-25-47-2)20-32(35(28)29)37-36(41)38-33(21-42-37)39(46-22-26-14-15-27(18-26)23-46)44-40(43-38)50-24-30-12-9-17-45(30)16-7-6-13-34(48-3)49-4/h8,10-11,19-21,26-27,30,34H,5-7,9,12-18,22-25H2,1-4H3/t26?,27?,30-/m0/s1. The van der Waals surface area contributed by atoms with Gasteiger partial charge < -0.3 is 28.6 Å². The highest BCUT2D eigenvalue weighted by atomic mass is 19.1. The smallest absolute Gasteiger partial charge is 0.319 e. The van der Waals surface area contributed by atoms with E-state index in [2.05, 4.69) is 22.8 Å². The van der Waals surface area contributed by atoms with Crippen LogP contribution >= 0.6 is 0 Å². The molecule has 274 valence electrons. The Labute approximate surface area is 300 Å². The van der Waals surface area contributed by atoms with Gasteiger partial charge in [0.05, 0.1) is 5.39 Å². The summed E-state index contributed by atoms with van der Waals surface area (Å²) in [5.74, 6) is 2.07. The third-order valence-electron chi connectivity index (χ3n) is 11.1. The molecular formula is C40H52FN5O5. The van der Waals surface area contributed by atoms with Crippen molar-refractivity contribution in [3.8, 4) is 23.0 Å². The summed E-state index contributed by atoms with van der Waals surface area (Å²) in [7, 11) is 4.95. The molecule has 7 rings (SSSR count). The molecule has 0 N–H and O–H groups in total. The zero-order valence-corrected chi connectivity index (χ0v) is 30.5. The van der Waals surface area contributed by atoms with Gasteiger partial charge in [0.2, 0.25) is 0 Å². The number of ether oxygens (including phenoxy) is 5. The molecule has 2 saturated heterocycles. The number of pyridine rings is 1. The largest absolute Gasteiger partial charge is 0.468 e. The van der Waals surface area contributed by atoms with Crippen molar-refractivity contribution < 1.29 is 28.1 Å². The van der Waals surface area contributed by atoms with Gasteiger partial charge in [-0.3, -0.25) is 9.88 Å². The fraction of sp³-hybridized carbons (Fsp3) is 0.575. The van der Waals surface area contributed by atoms with Crippen molar-refractivity contribution in [2.45, 2.75) is 77.0 Å². The fourth-order valence-corrected chi connectivity index (χ4v) is 8.57. The number of likely N-dealkylation sites (tertiary alicyclic amines) is 1. The number of aryl methyl sites for hydroxylation is 1. The van der Waals surface area contributed by atoms with Crippen molar-refractivity contribution in [1.82, 2.24) is 19.9 Å². The SMILES string of the molecule is CCc1cccc2cc(OCOC)cc(-c3ncc4c(N5CC6CCC(C6)C5)nc(OC[C@@H]5CCCN5CCCCC(OC)OC)nc4c3F)c12. The number of nitrogens with zero attached hydrogens (tertiary/aromatic N) is 5. The molecule has 0 amide bonds. The number of anilines is 1. The molecule has 2 aromatic carbocycles. The van der Waals surface area contributed by atoms with Gasteiger partial charge in [-0.05, 0) is 111 Å². The van der Waals surface area contributed by atoms with Gasteiger partial charge in [-0.2, -0.15) is 9.97 Å². The lowest BCUT2D eigenvalue weighted by molar-refractivity contribution is -0.107. The molecule has 2 aromatic heterocycles. The van der Waals surface area contributed by atoms with Crippen LogP contribution in [0, 0.1) is 17.7 Å². The first kappa shape index (κ1) is 35.7. The van der Waals surface area contributed by atoms with Crippen LogP contribution in [0.25, 0.3) is 32.9 Å². The number of unbranched alkanes of at least 4 members (excludes halogenated alkanes) is 1. The minimum absolute atomic E-state index is 0.0850. The summed E-state index contributed by atoms with van der Waals surface area (Å²) >= 11 is 0. The summed E-state index contributed by atoms with van der Waals surface area (Å²) in [5, 5.41) is 2.52. The highest BCUT2D eigenvalue weighted by Crippen LogP contribution is 2.42. The van der Waals surface area contributed by atoms with Crippen LogP contribution < -0.4 is 14.4 Å². The lowest BCUT2D eigenvalue weighted by atomic mass is 9.95. The van der Waals surface area contributed by atoms with E-state index in [0.717, 1.165) is 86.9 Å². The van der Waals surface area contributed by atoms with E-state index in [-0.39, 0.29) is 36.3 Å². The second kappa shape index (κ2) is 16.4. The molecule has 11 heteroatoms. The van der Waals surface area contributed by atoms with Gasteiger partial charge in [-0.15, -0.1) is 0 Å². The highest BCUT2D eigenvalue weighted by Gasteiger charge is 2.35. The summed E-state index contributed by atoms with van der Waals surface area (Å²) in [6, 6.07) is 10.4. The second-order valence-corrected chi connectivity index (χ2v) is 14.4. The van der Waals surface area contributed by atoms with E-state index in [4.69, 9.17) is 38.6 Å². The minimum Gasteiger partial charge on any atom is -0.468 e. The van der Waals surface area contributed by atoms with Gasteiger partial charge in [-0.1, -0.05) is 25.1 Å². The number of aromatic nitrogens is 3. The first-order valence-corrected chi connectivity index (χ1v) is 18.7. The first-order chi connectivity index (χ1) is 25.0. The maximum atomic E-state index is 17.2. The van der Waals surface area contributed by atoms with Crippen LogP contribution in [0.15, 0.2) is 36.5 Å². The molecule has 0 spiro atoms. The van der Waals surface area contributed by atoms with E-state index in [0.29, 0.717) is 35.1 Å². The molecule has 4 aromatic rings. The Balaban J connectivity index is 1.22. The predicted molar refractivity (Wildman–Crippen MR) is 197 cm³/mol. The summed E-state index contributed by atoms with van der Waals surface area (Å²) in [6.45, 7) is 6.47. The van der Waals surface area contributed by atoms with Crippen molar-refractivity contribution in [3.63, 3.8) is 0 Å². The topological polar surface area (TPSA) is 91.3 Å². The molecular weight excluding hydrogens is 649 g/mol. The lowest BCUT2D eigenvalue weighted by Gasteiger charge is -2.33. The van der Waals surface area contributed by atoms with Gasteiger partial charge in [-0.25, -0.2) is 4.39 Å². The average Bonchev–Trinajstić information content (AvgIpc) is 3.76. The van der Waals surface area contributed by atoms with E-state index >= 15 is 4.39 Å². The Bertz CT molecular complexity index is 1790. The molecule has 1 saturated carbocycles. The molecule has 10 nitrogen and oxygen atoms in total. The Morgan fingerprint density at radius 1 is 0.980 bits per heavy atom. The molecule has 1 aliphatic carbocycles. The number of methoxy groups -OCH3 is 3. The van der Waals surface area contributed by atoms with Crippen LogP contribution in [-0.4, -0.2) is 93.1 Å². The summed E-state index contributed by atoms with van der Waals surface area (Å²) in [6.07, 6.45) is 11.2. The van der Waals surface area contributed by atoms with Crippen LogP contribution in [0.1, 0.15) is 63.9 Å². The summed E-state index contributed by atoms with van der Waals surface area (Å²) in [5.41, 5.74) is 2.24. The molecule has 3 fully saturated rings. The first-order valence-electron chi connectivity index (χ1n) is 18.7. The molecule has 2 bridgehead atoms. The number of benzene rings is 2. The van der Waals surface area contributed by atoms with Crippen LogP contribution in [0.2, 0.25) is 0 Å². The zero-order chi connectivity index (χ0) is 35.3. The van der Waals surface area contributed by atoms with Crippen LogP contribution in [-0.2, 0) is 20.6 Å². The Morgan fingerprint density at radius 3 is 2.57 bits per heavy atom. The maximum Gasteiger partial charge on any atom is 0.319 e. The number of fused-ring (bicyclic) bond motifs is 4. The van der Waals surface area contributed by atoms with Crippen LogP contribution in [0.4, 0.5) is 10.2 Å². The molecule has 3 atom stereocenters. The van der Waals surface area contributed by atoms with Gasteiger partial charge in [0.25, 0.3) is 0 Å². The molecule has 51 heavy (non-hydrogen) atoms. The Hall–Kier alpha value is -3.64. The lowest BCUT2D eigenvalue weighted by Crippen LogP contribution is -2.37. The minimum atomic E-state index is -0.481. The number of hydrogen-bond acceptors (Lipinski definition) is 10. The number of rotatable bonds is 16. The van der Waals surface area contributed by atoms with Gasteiger partial charge in [0.1, 0.15) is 29.4 Å². The van der Waals surface area contributed by atoms with Crippen molar-refractivity contribution in [2.24, 2.45) is 11.8 Å². The number of piperidine rings is 1. The van der Waals surface area contributed by atoms with Gasteiger partial charge in [0.15, 0.2) is 18.9 Å². The number of halogens is 1. The van der Waals surface area contributed by atoms with Crippen molar-refractivity contribution in [3.05, 3.63) is 47.9 Å². The van der Waals surface area contributed by atoms with E-state index in [1.165, 1.54) is 19.3 Å². The van der Waals surface area contributed by atoms with Crippen LogP contribution in [0.5, 0.6) is 11.8 Å². The molecule has 4 heterocycles. The quantitative estimate of drug-likeness (QED) is 0.0870. The average molecular weight is 702 g/mol. The molecule has 2 aliphatic heterocycles. The Morgan fingerprint density at radius 2 is 1.80 bits per heavy atom. The number of hydrogen-bond donors (Lipinski definition) is 0. The second-order valence-electron chi connectivity index (χ2n) is 14.4. The highest BCUT2D eigenvalue weighted by molar-refractivity contribution is 6.01. The molecule has 2 unspecified atom stereocenters. The zero-order valence-electron chi connectivity index (χ0n) is 30.5. The molecule has 0 radical (unpaired) electrons. The monoisotopic (exact) mass is 701 g/mol.